The molecule has 6 nitrogen and oxygen atoms in total. The van der Waals surface area contributed by atoms with E-state index in [2.05, 4.69) is 4.90 Å². The number of carbonyl (C=O) groups is 1. The van der Waals surface area contributed by atoms with E-state index in [1.165, 1.54) is 12.8 Å². The Labute approximate surface area is 193 Å². The second-order valence-electron chi connectivity index (χ2n) is 10.4. The maximum Gasteiger partial charge on any atom is 0.174 e. The molecular formula is C27H31NO5. The van der Waals surface area contributed by atoms with Gasteiger partial charge in [0, 0.05) is 24.6 Å². The molecule has 2 heterocycles. The lowest BCUT2D eigenvalue weighted by atomic mass is 9.49. The van der Waals surface area contributed by atoms with Crippen LogP contribution in [-0.4, -0.2) is 56.8 Å². The van der Waals surface area contributed by atoms with Crippen molar-refractivity contribution in [2.45, 2.75) is 68.3 Å². The molecule has 2 saturated carbocycles. The first kappa shape index (κ1) is 21.1. The number of aliphatic hydroxyl groups excluding tert-OH is 1. The molecule has 0 unspecified atom stereocenters. The van der Waals surface area contributed by atoms with Gasteiger partial charge in [0.1, 0.15) is 0 Å². The van der Waals surface area contributed by atoms with Gasteiger partial charge in [-0.3, -0.25) is 9.69 Å². The standard InChI is InChI=1S/C20H23NO4.C7H8O/c22-13-4-3-12-9-15-20(24)6-5-14(23)18-19(20,16(12)17(13)25-18)7-8-21(15)10-11-1-2-11;8-6-7-4-2-1-3-5-7/h3-4,11,15,18,22,24H,1-2,5-10H2;1-5,8H,6H2/t15-,18+,19+,20-;/m1./s1. The SMILES string of the molecule is O=C1CC[C@@]2(O)[C@H]3Cc4ccc(O)c5c4[C@@]2(CCN3CC2CC2)[C@H]1O5.OCc1ccccc1. The van der Waals surface area contributed by atoms with Crippen molar-refractivity contribution in [2.75, 3.05) is 13.1 Å². The number of hydrogen-bond acceptors (Lipinski definition) is 6. The number of rotatable bonds is 3. The van der Waals surface area contributed by atoms with Crippen molar-refractivity contribution >= 4 is 5.78 Å². The predicted octanol–water partition coefficient (Wildman–Crippen LogP) is 2.70. The molecule has 5 aliphatic rings. The molecule has 2 aliphatic heterocycles. The van der Waals surface area contributed by atoms with Crippen LogP contribution >= 0.6 is 0 Å². The molecule has 174 valence electrons. The zero-order valence-electron chi connectivity index (χ0n) is 18.7. The van der Waals surface area contributed by atoms with Crippen molar-refractivity contribution in [3.8, 4) is 11.5 Å². The van der Waals surface area contributed by atoms with Gasteiger partial charge in [-0.2, -0.15) is 0 Å². The third kappa shape index (κ3) is 3.00. The van der Waals surface area contributed by atoms with E-state index in [-0.39, 0.29) is 24.2 Å². The van der Waals surface area contributed by atoms with E-state index in [1.54, 1.807) is 6.07 Å². The summed E-state index contributed by atoms with van der Waals surface area (Å²) in [4.78, 5) is 15.2. The Bertz CT molecular complexity index is 1080. The molecular weight excluding hydrogens is 418 g/mol. The summed E-state index contributed by atoms with van der Waals surface area (Å²) in [7, 11) is 0. The van der Waals surface area contributed by atoms with Crippen LogP contribution in [0.4, 0.5) is 0 Å². The average Bonchev–Trinajstić information content (AvgIpc) is 3.57. The van der Waals surface area contributed by atoms with E-state index < -0.39 is 17.1 Å². The molecule has 33 heavy (non-hydrogen) atoms. The molecule has 7 rings (SSSR count). The van der Waals surface area contributed by atoms with Gasteiger partial charge in [-0.1, -0.05) is 36.4 Å². The molecule has 6 heteroatoms. The molecule has 3 fully saturated rings. The first-order valence-corrected chi connectivity index (χ1v) is 12.1. The summed E-state index contributed by atoms with van der Waals surface area (Å²) < 4.78 is 6.04. The number of aromatic hydroxyl groups is 1. The van der Waals surface area contributed by atoms with E-state index in [9.17, 15) is 15.0 Å². The van der Waals surface area contributed by atoms with Crippen LogP contribution in [0.3, 0.4) is 0 Å². The summed E-state index contributed by atoms with van der Waals surface area (Å²) in [5.41, 5.74) is 1.42. The van der Waals surface area contributed by atoms with Gasteiger partial charge in [0.05, 0.1) is 17.6 Å². The van der Waals surface area contributed by atoms with Gasteiger partial charge >= 0.3 is 0 Å². The lowest BCUT2D eigenvalue weighted by Gasteiger charge is -2.62. The summed E-state index contributed by atoms with van der Waals surface area (Å²) in [5, 5.41) is 30.8. The average molecular weight is 450 g/mol. The number of carbonyl (C=O) groups excluding carboxylic acids is 1. The summed E-state index contributed by atoms with van der Waals surface area (Å²) in [6.07, 6.45) is 4.33. The van der Waals surface area contributed by atoms with Gasteiger partial charge in [0.25, 0.3) is 0 Å². The number of ketones is 1. The highest BCUT2D eigenvalue weighted by atomic mass is 16.5. The van der Waals surface area contributed by atoms with Crippen LogP contribution in [0.2, 0.25) is 0 Å². The molecule has 2 aromatic rings. The summed E-state index contributed by atoms with van der Waals surface area (Å²) >= 11 is 0. The van der Waals surface area contributed by atoms with Crippen molar-refractivity contribution in [2.24, 2.45) is 5.92 Å². The van der Waals surface area contributed by atoms with Crippen LogP contribution in [0.5, 0.6) is 11.5 Å². The quantitative estimate of drug-likeness (QED) is 0.668. The third-order valence-electron chi connectivity index (χ3n) is 8.58. The number of aliphatic hydroxyl groups is 2. The van der Waals surface area contributed by atoms with Gasteiger partial charge in [-0.15, -0.1) is 0 Å². The molecule has 0 aromatic heterocycles. The Morgan fingerprint density at radius 2 is 1.88 bits per heavy atom. The number of hydrogen-bond donors (Lipinski definition) is 3. The molecule has 4 atom stereocenters. The number of likely N-dealkylation sites (tertiary alicyclic amines) is 1. The summed E-state index contributed by atoms with van der Waals surface area (Å²) in [6.45, 7) is 2.09. The molecule has 3 aliphatic carbocycles. The number of nitrogens with zero attached hydrogens (tertiary/aromatic N) is 1. The van der Waals surface area contributed by atoms with Crippen LogP contribution in [0.15, 0.2) is 42.5 Å². The molecule has 1 saturated heterocycles. The first-order chi connectivity index (χ1) is 16.0. The van der Waals surface area contributed by atoms with Gasteiger partial charge in [0.15, 0.2) is 23.4 Å². The third-order valence-corrected chi connectivity index (χ3v) is 8.58. The first-order valence-electron chi connectivity index (χ1n) is 12.1. The van der Waals surface area contributed by atoms with E-state index in [0.29, 0.717) is 18.6 Å². The Morgan fingerprint density at radius 1 is 1.09 bits per heavy atom. The Morgan fingerprint density at radius 3 is 2.58 bits per heavy atom. The van der Waals surface area contributed by atoms with Gasteiger partial charge < -0.3 is 20.1 Å². The lowest BCUT2D eigenvalue weighted by molar-refractivity contribution is -0.188. The maximum atomic E-state index is 12.7. The minimum absolute atomic E-state index is 0.0454. The number of ether oxygens (including phenoxy) is 1. The predicted molar refractivity (Wildman–Crippen MR) is 122 cm³/mol. The van der Waals surface area contributed by atoms with Crippen LogP contribution < -0.4 is 4.74 Å². The molecule has 1 spiro atoms. The maximum absolute atomic E-state index is 12.7. The van der Waals surface area contributed by atoms with Crippen LogP contribution in [0, 0.1) is 5.92 Å². The van der Waals surface area contributed by atoms with Crippen molar-refractivity contribution in [1.82, 2.24) is 4.90 Å². The zero-order chi connectivity index (χ0) is 22.8. The largest absolute Gasteiger partial charge is 0.504 e. The zero-order valence-corrected chi connectivity index (χ0v) is 18.7. The second kappa shape index (κ2) is 7.55. The minimum Gasteiger partial charge on any atom is -0.504 e. The fourth-order valence-electron chi connectivity index (χ4n) is 6.85. The van der Waals surface area contributed by atoms with Crippen molar-refractivity contribution < 1.29 is 24.9 Å². The highest BCUT2D eigenvalue weighted by Gasteiger charge is 2.73. The summed E-state index contributed by atoms with van der Waals surface area (Å²) in [5.74, 6) is 1.39. The van der Waals surface area contributed by atoms with E-state index >= 15 is 0 Å². The molecule has 0 radical (unpaired) electrons. The topological polar surface area (TPSA) is 90.2 Å². The lowest BCUT2D eigenvalue weighted by Crippen LogP contribution is -2.76. The fourth-order valence-corrected chi connectivity index (χ4v) is 6.85. The van der Waals surface area contributed by atoms with Gasteiger partial charge in [0.2, 0.25) is 0 Å². The fraction of sp³-hybridized carbons (Fsp3) is 0.519. The smallest absolute Gasteiger partial charge is 0.174 e. The number of phenols is 1. The van der Waals surface area contributed by atoms with Crippen molar-refractivity contribution in [1.29, 1.82) is 0 Å². The monoisotopic (exact) mass is 449 g/mol. The highest BCUT2D eigenvalue weighted by Crippen LogP contribution is 2.64. The molecule has 3 N–H and O–H groups in total. The van der Waals surface area contributed by atoms with E-state index in [0.717, 1.165) is 48.5 Å². The van der Waals surface area contributed by atoms with Gasteiger partial charge in [-0.25, -0.2) is 0 Å². The number of Topliss-reactive ketones (excluding diaryl/α,β-unsaturated/α-hetero) is 1. The Kier molecular flexibility index (Phi) is 4.84. The van der Waals surface area contributed by atoms with E-state index in [1.807, 2.05) is 36.4 Å². The van der Waals surface area contributed by atoms with Crippen LogP contribution in [-0.2, 0) is 23.2 Å². The summed E-state index contributed by atoms with van der Waals surface area (Å²) in [6, 6.07) is 13.2. The number of benzene rings is 2. The molecule has 2 bridgehead atoms. The Balaban J connectivity index is 0.000000221. The number of phenolic OH excluding ortho intramolecular Hbond substituents is 1. The minimum atomic E-state index is -0.940. The van der Waals surface area contributed by atoms with Crippen molar-refractivity contribution in [3.63, 3.8) is 0 Å². The second-order valence-corrected chi connectivity index (χ2v) is 10.4. The molecule has 0 amide bonds. The van der Waals surface area contributed by atoms with Crippen LogP contribution in [0.1, 0.15) is 48.8 Å². The van der Waals surface area contributed by atoms with Crippen LogP contribution in [0.25, 0.3) is 0 Å². The Hall–Kier alpha value is -2.41. The molecule has 2 aromatic carbocycles. The van der Waals surface area contributed by atoms with E-state index in [4.69, 9.17) is 9.84 Å². The number of piperidine rings is 1. The normalized spacial score (nSPS) is 33.6. The highest BCUT2D eigenvalue weighted by molar-refractivity contribution is 5.90. The van der Waals surface area contributed by atoms with Crippen molar-refractivity contribution in [3.05, 3.63) is 59.2 Å². The van der Waals surface area contributed by atoms with Gasteiger partial charge in [-0.05, 0) is 61.8 Å².